The SMILES string of the molecule is BrCC(Cc1ccccc1)Cc1cccc2ccccc12. The maximum absolute atomic E-state index is 3.69. The van der Waals surface area contributed by atoms with Crippen molar-refractivity contribution in [3.63, 3.8) is 0 Å². The Balaban J connectivity index is 1.82. The van der Waals surface area contributed by atoms with Crippen molar-refractivity contribution in [2.75, 3.05) is 5.33 Å². The molecule has 0 nitrogen and oxygen atoms in total. The van der Waals surface area contributed by atoms with Crippen LogP contribution in [-0.2, 0) is 12.8 Å². The lowest BCUT2D eigenvalue weighted by Gasteiger charge is -2.16. The normalized spacial score (nSPS) is 12.4. The summed E-state index contributed by atoms with van der Waals surface area (Å²) in [5.41, 5.74) is 2.87. The third-order valence-electron chi connectivity index (χ3n) is 3.97. The maximum Gasteiger partial charge on any atom is 0.00660 e. The summed E-state index contributed by atoms with van der Waals surface area (Å²) >= 11 is 3.69. The van der Waals surface area contributed by atoms with Gasteiger partial charge in [-0.2, -0.15) is 0 Å². The van der Waals surface area contributed by atoms with Crippen molar-refractivity contribution in [3.8, 4) is 0 Å². The van der Waals surface area contributed by atoms with Gasteiger partial charge in [-0.05, 0) is 40.7 Å². The molecule has 0 saturated heterocycles. The van der Waals surface area contributed by atoms with Gasteiger partial charge in [0.25, 0.3) is 0 Å². The van der Waals surface area contributed by atoms with Crippen molar-refractivity contribution in [1.82, 2.24) is 0 Å². The summed E-state index contributed by atoms with van der Waals surface area (Å²) < 4.78 is 0. The molecule has 0 amide bonds. The molecule has 0 fully saturated rings. The topological polar surface area (TPSA) is 0 Å². The Morgan fingerprint density at radius 3 is 2.24 bits per heavy atom. The van der Waals surface area contributed by atoms with E-state index in [2.05, 4.69) is 88.7 Å². The lowest BCUT2D eigenvalue weighted by atomic mass is 9.91. The molecule has 106 valence electrons. The Bertz CT molecular complexity index is 698. The molecule has 1 unspecified atom stereocenters. The van der Waals surface area contributed by atoms with E-state index in [9.17, 15) is 0 Å². The number of hydrogen-bond donors (Lipinski definition) is 0. The van der Waals surface area contributed by atoms with Crippen molar-refractivity contribution in [2.24, 2.45) is 5.92 Å². The molecule has 0 bridgehead atoms. The highest BCUT2D eigenvalue weighted by Crippen LogP contribution is 2.23. The zero-order chi connectivity index (χ0) is 14.5. The van der Waals surface area contributed by atoms with Crippen LogP contribution in [0.5, 0.6) is 0 Å². The average Bonchev–Trinajstić information content (AvgIpc) is 2.55. The molecule has 0 aromatic heterocycles. The molecular weight excluding hydrogens is 320 g/mol. The second kappa shape index (κ2) is 6.91. The van der Waals surface area contributed by atoms with Crippen LogP contribution in [0.25, 0.3) is 10.8 Å². The molecule has 0 saturated carbocycles. The van der Waals surface area contributed by atoms with Gasteiger partial charge in [0.05, 0.1) is 0 Å². The Labute approximate surface area is 134 Å². The van der Waals surface area contributed by atoms with Crippen molar-refractivity contribution >= 4 is 26.7 Å². The Morgan fingerprint density at radius 2 is 1.43 bits per heavy atom. The van der Waals surface area contributed by atoms with E-state index in [1.54, 1.807) is 0 Å². The van der Waals surface area contributed by atoms with Gasteiger partial charge in [-0.1, -0.05) is 88.7 Å². The highest BCUT2D eigenvalue weighted by molar-refractivity contribution is 9.09. The zero-order valence-electron chi connectivity index (χ0n) is 12.0. The molecule has 0 aliphatic heterocycles. The smallest absolute Gasteiger partial charge is 0.00660 e. The highest BCUT2D eigenvalue weighted by Gasteiger charge is 2.11. The molecule has 0 aliphatic carbocycles. The Hall–Kier alpha value is -1.60. The molecule has 0 spiro atoms. The summed E-state index contributed by atoms with van der Waals surface area (Å²) in [6.07, 6.45) is 2.23. The molecule has 3 aromatic carbocycles. The van der Waals surface area contributed by atoms with Crippen molar-refractivity contribution in [2.45, 2.75) is 12.8 Å². The van der Waals surface area contributed by atoms with E-state index in [4.69, 9.17) is 0 Å². The summed E-state index contributed by atoms with van der Waals surface area (Å²) in [6.45, 7) is 0. The first-order valence-electron chi connectivity index (χ1n) is 7.43. The van der Waals surface area contributed by atoms with Crippen LogP contribution in [-0.4, -0.2) is 5.33 Å². The van der Waals surface area contributed by atoms with Crippen LogP contribution < -0.4 is 0 Å². The fraction of sp³-hybridized carbons (Fsp3) is 0.200. The van der Waals surface area contributed by atoms with Gasteiger partial charge in [0.1, 0.15) is 0 Å². The van der Waals surface area contributed by atoms with Crippen molar-refractivity contribution < 1.29 is 0 Å². The largest absolute Gasteiger partial charge is 0.0925 e. The fourth-order valence-corrected chi connectivity index (χ4v) is 3.37. The molecule has 21 heavy (non-hydrogen) atoms. The minimum absolute atomic E-state index is 0.623. The van der Waals surface area contributed by atoms with Gasteiger partial charge in [-0.3, -0.25) is 0 Å². The lowest BCUT2D eigenvalue weighted by molar-refractivity contribution is 0.593. The first kappa shape index (κ1) is 14.3. The fourth-order valence-electron chi connectivity index (χ4n) is 2.91. The van der Waals surface area contributed by atoms with E-state index in [0.717, 1.165) is 18.2 Å². The van der Waals surface area contributed by atoms with E-state index >= 15 is 0 Å². The summed E-state index contributed by atoms with van der Waals surface area (Å²) in [4.78, 5) is 0. The quantitative estimate of drug-likeness (QED) is 0.528. The monoisotopic (exact) mass is 338 g/mol. The van der Waals surface area contributed by atoms with Crippen LogP contribution in [0.1, 0.15) is 11.1 Å². The first-order chi connectivity index (χ1) is 10.4. The molecule has 0 aliphatic rings. The second-order valence-corrected chi connectivity index (χ2v) is 6.20. The molecule has 0 N–H and O–H groups in total. The van der Waals surface area contributed by atoms with Crippen molar-refractivity contribution in [1.29, 1.82) is 0 Å². The predicted molar refractivity (Wildman–Crippen MR) is 95.1 cm³/mol. The maximum atomic E-state index is 3.69. The number of halogens is 1. The Kier molecular flexibility index (Phi) is 4.72. The summed E-state index contributed by atoms with van der Waals surface area (Å²) in [5.74, 6) is 0.623. The molecular formula is C20H19Br. The summed E-state index contributed by atoms with van der Waals surface area (Å²) in [6, 6.07) is 26.1. The predicted octanol–water partition coefficient (Wildman–Crippen LogP) is 5.64. The van der Waals surface area contributed by atoms with E-state index in [0.29, 0.717) is 5.92 Å². The van der Waals surface area contributed by atoms with E-state index in [1.165, 1.54) is 21.9 Å². The van der Waals surface area contributed by atoms with Crippen LogP contribution in [0.4, 0.5) is 0 Å². The number of fused-ring (bicyclic) bond motifs is 1. The third kappa shape index (κ3) is 3.54. The highest BCUT2D eigenvalue weighted by atomic mass is 79.9. The van der Waals surface area contributed by atoms with Gasteiger partial charge in [0.2, 0.25) is 0 Å². The summed E-state index contributed by atoms with van der Waals surface area (Å²) in [7, 11) is 0. The molecule has 1 heteroatoms. The number of alkyl halides is 1. The van der Waals surface area contributed by atoms with Crippen LogP contribution in [0.3, 0.4) is 0 Å². The van der Waals surface area contributed by atoms with E-state index in [1.807, 2.05) is 0 Å². The van der Waals surface area contributed by atoms with Gasteiger partial charge < -0.3 is 0 Å². The van der Waals surface area contributed by atoms with Crippen LogP contribution >= 0.6 is 15.9 Å². The summed E-state index contributed by atoms with van der Waals surface area (Å²) in [5, 5.41) is 3.76. The number of hydrogen-bond acceptors (Lipinski definition) is 0. The minimum Gasteiger partial charge on any atom is -0.0925 e. The van der Waals surface area contributed by atoms with Crippen LogP contribution in [0, 0.1) is 5.92 Å². The molecule has 1 atom stereocenters. The first-order valence-corrected chi connectivity index (χ1v) is 8.55. The van der Waals surface area contributed by atoms with E-state index < -0.39 is 0 Å². The Morgan fingerprint density at radius 1 is 0.714 bits per heavy atom. The van der Waals surface area contributed by atoms with Gasteiger partial charge in [0.15, 0.2) is 0 Å². The number of rotatable bonds is 5. The standard InChI is InChI=1S/C20H19Br/c21-15-17(13-16-7-2-1-3-8-16)14-19-11-6-10-18-9-4-5-12-20(18)19/h1-12,17H,13-15H2. The minimum atomic E-state index is 0.623. The van der Waals surface area contributed by atoms with Crippen molar-refractivity contribution in [3.05, 3.63) is 83.9 Å². The van der Waals surface area contributed by atoms with E-state index in [-0.39, 0.29) is 0 Å². The lowest BCUT2D eigenvalue weighted by Crippen LogP contribution is -2.10. The van der Waals surface area contributed by atoms with Gasteiger partial charge in [-0.25, -0.2) is 0 Å². The van der Waals surface area contributed by atoms with Crippen LogP contribution in [0.15, 0.2) is 72.8 Å². The van der Waals surface area contributed by atoms with Gasteiger partial charge >= 0.3 is 0 Å². The molecule has 0 radical (unpaired) electrons. The van der Waals surface area contributed by atoms with Gasteiger partial charge in [0, 0.05) is 5.33 Å². The second-order valence-electron chi connectivity index (χ2n) is 5.55. The van der Waals surface area contributed by atoms with Gasteiger partial charge in [-0.15, -0.1) is 0 Å². The van der Waals surface area contributed by atoms with Crippen LogP contribution in [0.2, 0.25) is 0 Å². The average molecular weight is 339 g/mol. The molecule has 3 rings (SSSR count). The third-order valence-corrected chi connectivity index (χ3v) is 4.89. The number of benzene rings is 3. The zero-order valence-corrected chi connectivity index (χ0v) is 13.6. The molecule has 3 aromatic rings. The molecule has 0 heterocycles.